The van der Waals surface area contributed by atoms with E-state index >= 15 is 0 Å². The van der Waals surface area contributed by atoms with E-state index in [-0.39, 0.29) is 11.9 Å². The number of carbonyl (C=O) groups is 2. The number of fused-ring (bicyclic) bond motifs is 1. The third-order valence-corrected chi connectivity index (χ3v) is 3.59. The first kappa shape index (κ1) is 14.4. The van der Waals surface area contributed by atoms with Gasteiger partial charge >= 0.3 is 6.03 Å². The Labute approximate surface area is 119 Å². The number of rotatable bonds is 3. The number of benzene rings is 1. The molecule has 2 rings (SSSR count). The van der Waals surface area contributed by atoms with Gasteiger partial charge in [0.25, 0.3) is 5.91 Å². The molecule has 5 heteroatoms. The van der Waals surface area contributed by atoms with Gasteiger partial charge in [-0.3, -0.25) is 9.69 Å². The number of nitrogens with zero attached hydrogens (tertiary/aromatic N) is 2. The SMILES string of the molecule is CCCN(C)C(=O)c1ccc2c(c1)N(C(=O)NC)CC2. The summed E-state index contributed by atoms with van der Waals surface area (Å²) in [6.45, 7) is 3.44. The molecule has 108 valence electrons. The predicted molar refractivity (Wildman–Crippen MR) is 79.2 cm³/mol. The summed E-state index contributed by atoms with van der Waals surface area (Å²) in [6, 6.07) is 5.49. The summed E-state index contributed by atoms with van der Waals surface area (Å²) < 4.78 is 0. The molecule has 20 heavy (non-hydrogen) atoms. The van der Waals surface area contributed by atoms with E-state index in [4.69, 9.17) is 0 Å². The normalized spacial score (nSPS) is 13.1. The highest BCUT2D eigenvalue weighted by Crippen LogP contribution is 2.29. The van der Waals surface area contributed by atoms with Gasteiger partial charge in [0.2, 0.25) is 0 Å². The highest BCUT2D eigenvalue weighted by Gasteiger charge is 2.25. The summed E-state index contributed by atoms with van der Waals surface area (Å²) in [5.74, 6) is -0.00148. The largest absolute Gasteiger partial charge is 0.342 e. The van der Waals surface area contributed by atoms with Crippen molar-refractivity contribution in [2.24, 2.45) is 0 Å². The van der Waals surface area contributed by atoms with Gasteiger partial charge in [0.05, 0.1) is 0 Å². The molecule has 0 unspecified atom stereocenters. The summed E-state index contributed by atoms with van der Waals surface area (Å²) in [4.78, 5) is 27.5. The maximum Gasteiger partial charge on any atom is 0.321 e. The summed E-state index contributed by atoms with van der Waals surface area (Å²) in [7, 11) is 3.42. The lowest BCUT2D eigenvalue weighted by Gasteiger charge is -2.19. The average molecular weight is 275 g/mol. The Kier molecular flexibility index (Phi) is 4.27. The Morgan fingerprint density at radius 3 is 2.80 bits per heavy atom. The van der Waals surface area contributed by atoms with Crippen molar-refractivity contribution < 1.29 is 9.59 Å². The minimum absolute atomic E-state index is 0.00148. The monoisotopic (exact) mass is 275 g/mol. The smallest absolute Gasteiger partial charge is 0.321 e. The number of anilines is 1. The third-order valence-electron chi connectivity index (χ3n) is 3.59. The molecule has 0 aliphatic carbocycles. The molecule has 1 aromatic carbocycles. The van der Waals surface area contributed by atoms with Crippen LogP contribution < -0.4 is 10.2 Å². The maximum absolute atomic E-state index is 12.3. The summed E-state index contributed by atoms with van der Waals surface area (Å²) in [5.41, 5.74) is 2.60. The summed E-state index contributed by atoms with van der Waals surface area (Å²) in [5, 5.41) is 2.63. The molecule has 1 aliphatic rings. The zero-order chi connectivity index (χ0) is 14.7. The maximum atomic E-state index is 12.3. The fraction of sp³-hybridized carbons (Fsp3) is 0.467. The van der Waals surface area contributed by atoms with Crippen molar-refractivity contribution >= 4 is 17.6 Å². The summed E-state index contributed by atoms with van der Waals surface area (Å²) >= 11 is 0. The molecule has 0 spiro atoms. The number of amides is 3. The molecular weight excluding hydrogens is 254 g/mol. The Hall–Kier alpha value is -2.04. The van der Waals surface area contributed by atoms with Crippen LogP contribution in [0.25, 0.3) is 0 Å². The van der Waals surface area contributed by atoms with Crippen LogP contribution in [0.1, 0.15) is 29.3 Å². The molecule has 0 saturated heterocycles. The fourth-order valence-corrected chi connectivity index (χ4v) is 2.52. The van der Waals surface area contributed by atoms with Gasteiger partial charge in [0.1, 0.15) is 0 Å². The van der Waals surface area contributed by atoms with E-state index in [9.17, 15) is 9.59 Å². The highest BCUT2D eigenvalue weighted by molar-refractivity contribution is 5.99. The van der Waals surface area contributed by atoms with E-state index in [0.29, 0.717) is 12.1 Å². The minimum Gasteiger partial charge on any atom is -0.342 e. The van der Waals surface area contributed by atoms with Crippen molar-refractivity contribution in [3.8, 4) is 0 Å². The molecule has 1 heterocycles. The lowest BCUT2D eigenvalue weighted by molar-refractivity contribution is 0.0795. The van der Waals surface area contributed by atoms with E-state index in [0.717, 1.165) is 30.6 Å². The first-order valence-electron chi connectivity index (χ1n) is 6.96. The van der Waals surface area contributed by atoms with Crippen LogP contribution in [-0.4, -0.2) is 44.0 Å². The van der Waals surface area contributed by atoms with Crippen LogP contribution in [0.4, 0.5) is 10.5 Å². The van der Waals surface area contributed by atoms with Crippen LogP contribution in [0.15, 0.2) is 18.2 Å². The molecule has 0 fully saturated rings. The molecule has 1 N–H and O–H groups in total. The Morgan fingerprint density at radius 1 is 1.40 bits per heavy atom. The molecule has 1 aromatic rings. The lowest BCUT2D eigenvalue weighted by Crippen LogP contribution is -2.36. The molecule has 0 bridgehead atoms. The Morgan fingerprint density at radius 2 is 2.15 bits per heavy atom. The third kappa shape index (κ3) is 2.61. The van der Waals surface area contributed by atoms with E-state index in [1.54, 1.807) is 23.9 Å². The Balaban J connectivity index is 2.27. The number of hydrogen-bond acceptors (Lipinski definition) is 2. The Bertz CT molecular complexity index is 528. The van der Waals surface area contributed by atoms with Crippen molar-refractivity contribution in [2.75, 3.05) is 32.1 Å². The van der Waals surface area contributed by atoms with E-state index in [1.807, 2.05) is 25.1 Å². The van der Waals surface area contributed by atoms with Gasteiger partial charge in [-0.2, -0.15) is 0 Å². The van der Waals surface area contributed by atoms with E-state index in [1.165, 1.54) is 0 Å². The van der Waals surface area contributed by atoms with Gasteiger partial charge in [0.15, 0.2) is 0 Å². The highest BCUT2D eigenvalue weighted by atomic mass is 16.2. The topological polar surface area (TPSA) is 52.7 Å². The molecule has 0 atom stereocenters. The molecule has 0 radical (unpaired) electrons. The zero-order valence-electron chi connectivity index (χ0n) is 12.3. The standard InChI is InChI=1S/C15H21N3O2/c1-4-8-17(3)14(19)12-6-5-11-7-9-18(13(11)10-12)15(20)16-2/h5-6,10H,4,7-9H2,1-3H3,(H,16,20). The molecule has 0 saturated carbocycles. The van der Waals surface area contributed by atoms with E-state index < -0.39 is 0 Å². The quantitative estimate of drug-likeness (QED) is 0.915. The lowest BCUT2D eigenvalue weighted by atomic mass is 10.1. The van der Waals surface area contributed by atoms with Gasteiger partial charge in [-0.1, -0.05) is 13.0 Å². The zero-order valence-corrected chi connectivity index (χ0v) is 12.3. The molecule has 3 amide bonds. The van der Waals surface area contributed by atoms with Gasteiger partial charge in [0, 0.05) is 38.4 Å². The number of hydrogen-bond donors (Lipinski definition) is 1. The second-order valence-electron chi connectivity index (χ2n) is 5.03. The van der Waals surface area contributed by atoms with Crippen LogP contribution in [-0.2, 0) is 6.42 Å². The fourth-order valence-electron chi connectivity index (χ4n) is 2.52. The first-order chi connectivity index (χ1) is 9.58. The molecule has 0 aromatic heterocycles. The van der Waals surface area contributed by atoms with Crippen molar-refractivity contribution in [1.82, 2.24) is 10.2 Å². The summed E-state index contributed by atoms with van der Waals surface area (Å²) in [6.07, 6.45) is 1.76. The predicted octanol–water partition coefficient (Wildman–Crippen LogP) is 1.87. The van der Waals surface area contributed by atoms with Crippen LogP contribution in [0, 0.1) is 0 Å². The van der Waals surface area contributed by atoms with Crippen molar-refractivity contribution in [2.45, 2.75) is 19.8 Å². The molecule has 5 nitrogen and oxygen atoms in total. The number of nitrogens with one attached hydrogen (secondary N) is 1. The second kappa shape index (κ2) is 5.94. The average Bonchev–Trinajstić information content (AvgIpc) is 2.88. The molecular formula is C15H21N3O2. The number of urea groups is 1. The van der Waals surface area contributed by atoms with Gasteiger partial charge in [-0.05, 0) is 30.5 Å². The van der Waals surface area contributed by atoms with E-state index in [2.05, 4.69) is 5.32 Å². The van der Waals surface area contributed by atoms with Crippen molar-refractivity contribution in [3.05, 3.63) is 29.3 Å². The van der Waals surface area contributed by atoms with Crippen LogP contribution in [0.5, 0.6) is 0 Å². The van der Waals surface area contributed by atoms with Crippen LogP contribution in [0.2, 0.25) is 0 Å². The van der Waals surface area contributed by atoms with Crippen molar-refractivity contribution in [3.63, 3.8) is 0 Å². The van der Waals surface area contributed by atoms with Gasteiger partial charge < -0.3 is 10.2 Å². The van der Waals surface area contributed by atoms with Crippen LogP contribution in [0.3, 0.4) is 0 Å². The second-order valence-corrected chi connectivity index (χ2v) is 5.03. The van der Waals surface area contributed by atoms with Gasteiger partial charge in [-0.15, -0.1) is 0 Å². The first-order valence-corrected chi connectivity index (χ1v) is 6.96. The molecule has 1 aliphatic heterocycles. The van der Waals surface area contributed by atoms with Gasteiger partial charge in [-0.25, -0.2) is 4.79 Å². The minimum atomic E-state index is -0.129. The number of carbonyl (C=O) groups excluding carboxylic acids is 2. The van der Waals surface area contributed by atoms with Crippen LogP contribution >= 0.6 is 0 Å². The van der Waals surface area contributed by atoms with Crippen molar-refractivity contribution in [1.29, 1.82) is 0 Å².